The van der Waals surface area contributed by atoms with Crippen LogP contribution in [0.1, 0.15) is 53.5 Å². The van der Waals surface area contributed by atoms with Crippen LogP contribution in [0.3, 0.4) is 0 Å². The van der Waals surface area contributed by atoms with Crippen LogP contribution in [0.4, 0.5) is 0 Å². The zero-order valence-corrected chi connectivity index (χ0v) is 34.9. The molecule has 1 N–H and O–H groups in total. The summed E-state index contributed by atoms with van der Waals surface area (Å²) in [6.07, 6.45) is -8.80. The quantitative estimate of drug-likeness (QED) is 0.171. The van der Waals surface area contributed by atoms with E-state index in [4.69, 9.17) is 42.3 Å². The molecule has 3 aromatic carbocycles. The van der Waals surface area contributed by atoms with Gasteiger partial charge in [-0.05, 0) is 27.4 Å². The molecule has 2 heterocycles. The minimum absolute atomic E-state index is 0.0742. The van der Waals surface area contributed by atoms with E-state index in [0.29, 0.717) is 0 Å². The third-order valence-electron chi connectivity index (χ3n) is 11.1. The zero-order chi connectivity index (χ0) is 40.7. The summed E-state index contributed by atoms with van der Waals surface area (Å²) in [6.45, 7) is 11.4. The first-order valence-corrected chi connectivity index (χ1v) is 21.1. The fourth-order valence-corrected chi connectivity index (χ4v) is 12.9. The lowest BCUT2D eigenvalue weighted by Crippen LogP contribution is -2.70. The van der Waals surface area contributed by atoms with E-state index in [2.05, 4.69) is 45.0 Å². The van der Waals surface area contributed by atoms with Crippen molar-refractivity contribution < 1.29 is 57.0 Å². The van der Waals surface area contributed by atoms with Crippen LogP contribution in [0.2, 0.25) is 5.04 Å². The van der Waals surface area contributed by atoms with Crippen LogP contribution in [0.15, 0.2) is 91.0 Å². The maximum absolute atomic E-state index is 13.5. The van der Waals surface area contributed by atoms with Crippen LogP contribution >= 0.6 is 0 Å². The first-order valence-electron chi connectivity index (χ1n) is 19.2. The molecule has 0 amide bonds. The normalized spacial score (nSPS) is 29.7. The Balaban J connectivity index is 1.62. The Labute approximate surface area is 331 Å². The molecule has 2 aliphatic heterocycles. The second-order valence-corrected chi connectivity index (χ2v) is 19.7. The van der Waals surface area contributed by atoms with Gasteiger partial charge >= 0.3 is 11.9 Å². The van der Waals surface area contributed by atoms with Crippen molar-refractivity contribution in [1.29, 1.82) is 0 Å². The molecule has 306 valence electrons. The molecule has 2 fully saturated rings. The van der Waals surface area contributed by atoms with Crippen LogP contribution in [-0.4, -0.2) is 108 Å². The van der Waals surface area contributed by atoms with Gasteiger partial charge in [0.15, 0.2) is 24.3 Å². The van der Waals surface area contributed by atoms with Crippen molar-refractivity contribution >= 4 is 30.6 Å². The largest absolute Gasteiger partial charge is 0.467 e. The molecule has 5 unspecified atom stereocenters. The van der Waals surface area contributed by atoms with Gasteiger partial charge in [0.05, 0.1) is 26.4 Å². The van der Waals surface area contributed by atoms with Gasteiger partial charge in [0.2, 0.25) is 0 Å². The number of aliphatic hydroxyl groups is 1. The van der Waals surface area contributed by atoms with Crippen molar-refractivity contribution in [3.8, 4) is 0 Å². The molecule has 2 saturated heterocycles. The van der Waals surface area contributed by atoms with Crippen molar-refractivity contribution in [2.24, 2.45) is 5.92 Å². The minimum Gasteiger partial charge on any atom is -0.467 e. The number of aliphatic hydroxyl groups excluding tert-OH is 1. The third-order valence-corrected chi connectivity index (χ3v) is 16.1. The Morgan fingerprint density at radius 2 is 1.36 bits per heavy atom. The summed E-state index contributed by atoms with van der Waals surface area (Å²) in [5, 5.41) is 13.4. The number of carbonyl (C=O) groups is 2. The summed E-state index contributed by atoms with van der Waals surface area (Å²) in [4.78, 5) is 26.5. The van der Waals surface area contributed by atoms with E-state index in [-0.39, 0.29) is 19.6 Å². The van der Waals surface area contributed by atoms with Crippen molar-refractivity contribution in [2.75, 3.05) is 27.9 Å². The molecular formula is C43H58O12Si. The number of carbonyl (C=O) groups excluding carboxylic acids is 2. The fourth-order valence-electron chi connectivity index (χ4n) is 8.32. The van der Waals surface area contributed by atoms with Gasteiger partial charge in [0.25, 0.3) is 8.32 Å². The van der Waals surface area contributed by atoms with E-state index in [1.807, 2.05) is 80.6 Å². The van der Waals surface area contributed by atoms with Crippen molar-refractivity contribution in [1.82, 2.24) is 0 Å². The molecule has 3 aromatic rings. The predicted molar refractivity (Wildman–Crippen MR) is 211 cm³/mol. The highest BCUT2D eigenvalue weighted by Gasteiger charge is 2.60. The summed E-state index contributed by atoms with van der Waals surface area (Å²) < 4.78 is 56.7. The summed E-state index contributed by atoms with van der Waals surface area (Å²) in [6, 6.07) is 29.6. The van der Waals surface area contributed by atoms with Crippen LogP contribution in [0, 0.1) is 5.92 Å². The lowest BCUT2D eigenvalue weighted by Gasteiger charge is -2.52. The first-order chi connectivity index (χ1) is 26.8. The zero-order valence-electron chi connectivity index (χ0n) is 33.9. The molecule has 0 radical (unpaired) electrons. The Morgan fingerprint density at radius 3 is 1.84 bits per heavy atom. The molecule has 56 heavy (non-hydrogen) atoms. The molecule has 10 atom stereocenters. The Morgan fingerprint density at radius 1 is 0.804 bits per heavy atom. The van der Waals surface area contributed by atoms with Gasteiger partial charge in [-0.3, -0.25) is 4.79 Å². The van der Waals surface area contributed by atoms with Gasteiger partial charge in [-0.1, -0.05) is 126 Å². The number of ether oxygens (including phenoxy) is 8. The molecule has 0 aromatic heterocycles. The first kappa shape index (κ1) is 43.6. The smallest absolute Gasteiger partial charge is 0.338 e. The number of rotatable bonds is 15. The second-order valence-electron chi connectivity index (χ2n) is 15.4. The standard InChI is InChI=1S/C43H58O12Si/c1-10-43(41(46)49-9)28(2)34(47-7)38(48-8)40(55-43)54-35-33(53-39(45)37(36(35)52-29(3)44)50-26-30-20-14-11-15-21-30)27-51-56(42(4,5)6,31-22-16-12-17-23-31)32-24-18-13-19-25-32/h11-25,28,33-40,45H,10,26-27H2,1-9H3/t28-,33?,34-,35+,36-,37?,38?,39?,40+,43?/m0/s1. The van der Waals surface area contributed by atoms with Crippen LogP contribution < -0.4 is 10.4 Å². The van der Waals surface area contributed by atoms with Gasteiger partial charge in [-0.25, -0.2) is 4.79 Å². The van der Waals surface area contributed by atoms with E-state index >= 15 is 0 Å². The van der Waals surface area contributed by atoms with E-state index in [0.717, 1.165) is 15.9 Å². The fraction of sp³-hybridized carbons (Fsp3) is 0.535. The van der Waals surface area contributed by atoms with Gasteiger partial charge in [0.1, 0.15) is 24.4 Å². The lowest BCUT2D eigenvalue weighted by molar-refractivity contribution is -0.368. The van der Waals surface area contributed by atoms with Gasteiger partial charge in [-0.15, -0.1) is 0 Å². The van der Waals surface area contributed by atoms with Crippen molar-refractivity contribution in [3.63, 3.8) is 0 Å². The highest BCUT2D eigenvalue weighted by atomic mass is 28.4. The molecule has 0 saturated carbocycles. The molecule has 0 bridgehead atoms. The summed E-state index contributed by atoms with van der Waals surface area (Å²) >= 11 is 0. The Bertz CT molecular complexity index is 1650. The maximum Gasteiger partial charge on any atom is 0.338 e. The molecular weight excluding hydrogens is 737 g/mol. The van der Waals surface area contributed by atoms with E-state index in [1.54, 1.807) is 0 Å². The second kappa shape index (κ2) is 18.8. The summed E-state index contributed by atoms with van der Waals surface area (Å²) in [7, 11) is 1.18. The summed E-state index contributed by atoms with van der Waals surface area (Å²) in [5.41, 5.74) is -0.653. The molecule has 2 aliphatic rings. The average molecular weight is 795 g/mol. The highest BCUT2D eigenvalue weighted by molar-refractivity contribution is 6.99. The average Bonchev–Trinajstić information content (AvgIpc) is 3.19. The number of hydrogen-bond acceptors (Lipinski definition) is 12. The number of esters is 2. The highest BCUT2D eigenvalue weighted by Crippen LogP contribution is 2.43. The van der Waals surface area contributed by atoms with Crippen LogP contribution in [0.5, 0.6) is 0 Å². The SMILES string of the molecule is CCC1(C(=O)OC)O[C@@H](O[C@@H]2C(CO[Si](c3ccccc3)(c3ccccc3)C(C)(C)C)OC(O)C(OCc3ccccc3)[C@H]2OC(C)=O)C(OC)[C@@H](OC)[C@@H]1C. The van der Waals surface area contributed by atoms with E-state index in [1.165, 1.54) is 28.3 Å². The van der Waals surface area contributed by atoms with Gasteiger partial charge in [0, 0.05) is 27.1 Å². The Hall–Kier alpha value is -3.50. The maximum atomic E-state index is 13.5. The molecule has 0 aliphatic carbocycles. The Kier molecular flexibility index (Phi) is 14.7. The number of benzene rings is 3. The summed E-state index contributed by atoms with van der Waals surface area (Å²) in [5.74, 6) is -1.74. The van der Waals surface area contributed by atoms with Gasteiger partial charge < -0.3 is 47.4 Å². The molecule has 13 heteroatoms. The third kappa shape index (κ3) is 8.81. The minimum atomic E-state index is -3.16. The topological polar surface area (TPSA) is 137 Å². The molecule has 0 spiro atoms. The van der Waals surface area contributed by atoms with Crippen molar-refractivity contribution in [3.05, 3.63) is 96.6 Å². The van der Waals surface area contributed by atoms with Crippen molar-refractivity contribution in [2.45, 2.75) is 114 Å². The monoisotopic (exact) mass is 794 g/mol. The molecule has 5 rings (SSSR count). The van der Waals surface area contributed by atoms with Crippen LogP contribution in [-0.2, 0) is 58.5 Å². The van der Waals surface area contributed by atoms with Crippen LogP contribution in [0.25, 0.3) is 0 Å². The van der Waals surface area contributed by atoms with Gasteiger partial charge in [-0.2, -0.15) is 0 Å². The predicted octanol–water partition coefficient (Wildman–Crippen LogP) is 4.53. The van der Waals surface area contributed by atoms with E-state index in [9.17, 15) is 14.7 Å². The van der Waals surface area contributed by atoms with E-state index < -0.39 is 86.0 Å². The molecule has 12 nitrogen and oxygen atoms in total. The lowest BCUT2D eigenvalue weighted by atomic mass is 9.77. The number of hydrogen-bond donors (Lipinski definition) is 1. The number of methoxy groups -OCH3 is 3.